The number of nitriles is 1. The number of nitrogens with zero attached hydrogens (tertiary/aromatic N) is 1. The lowest BCUT2D eigenvalue weighted by Gasteiger charge is -2.61. The van der Waals surface area contributed by atoms with Crippen LogP contribution < -0.4 is 0 Å². The van der Waals surface area contributed by atoms with Crippen molar-refractivity contribution >= 4 is 5.78 Å². The molecule has 2 nitrogen and oxygen atoms in total. The molecule has 4 saturated carbocycles. The predicted octanol–water partition coefficient (Wildman–Crippen LogP) is 5.16. The molecule has 0 amide bonds. The Morgan fingerprint density at radius 2 is 2.00 bits per heavy atom. The zero-order valence-electron chi connectivity index (χ0n) is 15.5. The van der Waals surface area contributed by atoms with Crippen molar-refractivity contribution in [1.82, 2.24) is 0 Å². The number of hydrogen-bond acceptors (Lipinski definition) is 2. The fourth-order valence-corrected chi connectivity index (χ4v) is 6.85. The molecule has 25 heavy (non-hydrogen) atoms. The van der Waals surface area contributed by atoms with Gasteiger partial charge in [-0.2, -0.15) is 5.26 Å². The van der Waals surface area contributed by atoms with Crippen LogP contribution in [0.3, 0.4) is 0 Å². The summed E-state index contributed by atoms with van der Waals surface area (Å²) in [5, 5.41) is 9.10. The molecule has 0 N–H and O–H groups in total. The maximum Gasteiger partial charge on any atom is 0.140 e. The minimum atomic E-state index is 0.207. The van der Waals surface area contributed by atoms with E-state index in [1.807, 2.05) is 24.3 Å². The van der Waals surface area contributed by atoms with Crippen molar-refractivity contribution in [3.8, 4) is 6.07 Å². The highest BCUT2D eigenvalue weighted by atomic mass is 16.1. The van der Waals surface area contributed by atoms with Crippen molar-refractivity contribution in [3.63, 3.8) is 0 Å². The minimum absolute atomic E-state index is 0.207. The number of ketones is 1. The molecular formula is C23H29NO. The predicted molar refractivity (Wildman–Crippen MR) is 98.8 cm³/mol. The molecule has 0 heterocycles. The zero-order chi connectivity index (χ0) is 17.6. The fraction of sp³-hybridized carbons (Fsp3) is 0.652. The summed E-state index contributed by atoms with van der Waals surface area (Å²) in [7, 11) is 0. The number of carbonyl (C=O) groups is 1. The maximum atomic E-state index is 13.3. The lowest BCUT2D eigenvalue weighted by Crippen LogP contribution is -2.54. The summed E-state index contributed by atoms with van der Waals surface area (Å²) < 4.78 is 0. The zero-order valence-corrected chi connectivity index (χ0v) is 15.5. The van der Waals surface area contributed by atoms with Crippen LogP contribution in [0.25, 0.3) is 0 Å². The van der Waals surface area contributed by atoms with E-state index in [9.17, 15) is 4.79 Å². The number of Topliss-reactive ketones (excluding diaryl/α,β-unsaturated/α-hetero) is 1. The Kier molecular flexibility index (Phi) is 4.22. The molecule has 3 unspecified atom stereocenters. The average Bonchev–Trinajstić information content (AvgIpc) is 2.59. The van der Waals surface area contributed by atoms with Gasteiger partial charge in [-0.3, -0.25) is 4.79 Å². The van der Waals surface area contributed by atoms with Crippen LogP contribution in [0.4, 0.5) is 0 Å². The second-order valence-electron chi connectivity index (χ2n) is 9.11. The van der Waals surface area contributed by atoms with Gasteiger partial charge in [-0.05, 0) is 85.3 Å². The van der Waals surface area contributed by atoms with Crippen LogP contribution in [0.1, 0.15) is 63.5 Å². The van der Waals surface area contributed by atoms with Crippen LogP contribution in [0.15, 0.2) is 24.3 Å². The lowest BCUT2D eigenvalue weighted by atomic mass is 9.43. The highest BCUT2D eigenvalue weighted by Crippen LogP contribution is 2.65. The van der Waals surface area contributed by atoms with Crippen LogP contribution in [0, 0.1) is 46.3 Å². The molecule has 0 saturated heterocycles. The van der Waals surface area contributed by atoms with Crippen molar-refractivity contribution in [2.45, 2.75) is 58.8 Å². The van der Waals surface area contributed by atoms with Crippen LogP contribution in [0.2, 0.25) is 0 Å². The smallest absolute Gasteiger partial charge is 0.140 e. The number of hydrogen-bond donors (Lipinski definition) is 0. The van der Waals surface area contributed by atoms with Gasteiger partial charge in [-0.15, -0.1) is 0 Å². The first-order chi connectivity index (χ1) is 12.0. The van der Waals surface area contributed by atoms with E-state index in [2.05, 4.69) is 19.9 Å². The number of benzene rings is 1. The van der Waals surface area contributed by atoms with Gasteiger partial charge in [0.25, 0.3) is 0 Å². The van der Waals surface area contributed by atoms with E-state index >= 15 is 0 Å². The maximum absolute atomic E-state index is 13.3. The van der Waals surface area contributed by atoms with Crippen molar-refractivity contribution in [3.05, 3.63) is 35.4 Å². The Bertz CT molecular complexity index is 699. The van der Waals surface area contributed by atoms with E-state index < -0.39 is 0 Å². The molecule has 3 atom stereocenters. The summed E-state index contributed by atoms with van der Waals surface area (Å²) in [5.74, 6) is 4.07. The molecular weight excluding hydrogens is 306 g/mol. The molecule has 4 bridgehead atoms. The molecule has 4 fully saturated rings. The fourth-order valence-electron chi connectivity index (χ4n) is 6.85. The first-order valence-corrected chi connectivity index (χ1v) is 10.1. The molecule has 0 aliphatic heterocycles. The first kappa shape index (κ1) is 16.8. The van der Waals surface area contributed by atoms with Gasteiger partial charge in [-0.1, -0.05) is 26.0 Å². The highest BCUT2D eigenvalue weighted by Gasteiger charge is 2.57. The molecule has 4 aliphatic rings. The topological polar surface area (TPSA) is 40.9 Å². The summed E-state index contributed by atoms with van der Waals surface area (Å²) in [6, 6.07) is 9.77. The van der Waals surface area contributed by atoms with Crippen molar-refractivity contribution < 1.29 is 4.79 Å². The summed E-state index contributed by atoms with van der Waals surface area (Å²) >= 11 is 0. The van der Waals surface area contributed by atoms with Crippen molar-refractivity contribution in [1.29, 1.82) is 5.26 Å². The van der Waals surface area contributed by atoms with Gasteiger partial charge in [0.2, 0.25) is 0 Å². The van der Waals surface area contributed by atoms with E-state index in [1.165, 1.54) is 32.1 Å². The number of rotatable bonds is 5. The summed E-state index contributed by atoms with van der Waals surface area (Å²) in [5.41, 5.74) is 1.93. The molecule has 4 aliphatic carbocycles. The Balaban J connectivity index is 1.56. The van der Waals surface area contributed by atoms with Gasteiger partial charge in [-0.25, -0.2) is 0 Å². The second-order valence-corrected chi connectivity index (χ2v) is 9.11. The Morgan fingerprint density at radius 3 is 2.64 bits per heavy atom. The van der Waals surface area contributed by atoms with Crippen molar-refractivity contribution in [2.75, 3.05) is 0 Å². The van der Waals surface area contributed by atoms with E-state index in [0.717, 1.165) is 35.7 Å². The van der Waals surface area contributed by atoms with Crippen LogP contribution >= 0.6 is 0 Å². The molecule has 132 valence electrons. The Labute approximate surface area is 151 Å². The molecule has 0 spiro atoms. The van der Waals surface area contributed by atoms with Gasteiger partial charge < -0.3 is 0 Å². The van der Waals surface area contributed by atoms with Gasteiger partial charge in [0.15, 0.2) is 0 Å². The van der Waals surface area contributed by atoms with Crippen molar-refractivity contribution in [2.24, 2.45) is 35.0 Å². The monoisotopic (exact) mass is 335 g/mol. The normalized spacial score (nSPS) is 36.8. The average molecular weight is 335 g/mol. The third-order valence-electron chi connectivity index (χ3n) is 7.76. The molecule has 0 radical (unpaired) electrons. The van der Waals surface area contributed by atoms with Gasteiger partial charge in [0.1, 0.15) is 5.78 Å². The van der Waals surface area contributed by atoms with E-state index in [4.69, 9.17) is 5.26 Å². The van der Waals surface area contributed by atoms with Gasteiger partial charge in [0.05, 0.1) is 11.6 Å². The summed E-state index contributed by atoms with van der Waals surface area (Å²) in [6.07, 6.45) is 8.13. The van der Waals surface area contributed by atoms with Crippen LogP contribution in [-0.4, -0.2) is 5.78 Å². The third kappa shape index (κ3) is 2.82. The number of carbonyl (C=O) groups excluding carboxylic acids is 1. The van der Waals surface area contributed by atoms with E-state index in [1.54, 1.807) is 0 Å². The molecule has 5 rings (SSSR count). The molecule has 2 heteroatoms. The van der Waals surface area contributed by atoms with E-state index in [-0.39, 0.29) is 11.3 Å². The molecule has 1 aromatic carbocycles. The lowest BCUT2D eigenvalue weighted by molar-refractivity contribution is -0.146. The van der Waals surface area contributed by atoms with Gasteiger partial charge in [0, 0.05) is 12.3 Å². The SMILES string of the molecule is CCC(C(=O)Cc1cccc(C#N)c1)C12CC3CC(C1)C(C)C(C3)C2. The summed E-state index contributed by atoms with van der Waals surface area (Å²) in [6.45, 7) is 4.66. The van der Waals surface area contributed by atoms with Gasteiger partial charge >= 0.3 is 0 Å². The first-order valence-electron chi connectivity index (χ1n) is 10.1. The quantitative estimate of drug-likeness (QED) is 0.746. The molecule has 1 aromatic rings. The Morgan fingerprint density at radius 1 is 1.28 bits per heavy atom. The largest absolute Gasteiger partial charge is 0.299 e. The minimum Gasteiger partial charge on any atom is -0.299 e. The Hall–Kier alpha value is -1.62. The summed E-state index contributed by atoms with van der Waals surface area (Å²) in [4.78, 5) is 13.3. The standard InChI is InChI=1S/C23H29NO/c1-3-21(22(25)10-16-5-4-6-17(7-16)14-24)23-11-18-8-19(12-23)15(2)20(9-18)13-23/h4-7,15,18-21H,3,8-13H2,1-2H3. The molecule has 0 aromatic heterocycles. The van der Waals surface area contributed by atoms with E-state index in [0.29, 0.717) is 17.8 Å². The third-order valence-corrected chi connectivity index (χ3v) is 7.76. The van der Waals surface area contributed by atoms with Crippen LogP contribution in [-0.2, 0) is 11.2 Å². The second kappa shape index (κ2) is 6.27. The van der Waals surface area contributed by atoms with Crippen LogP contribution in [0.5, 0.6) is 0 Å². The highest BCUT2D eigenvalue weighted by molar-refractivity contribution is 5.84.